The number of para-hydroxylation sites is 1. The van der Waals surface area contributed by atoms with E-state index in [0.29, 0.717) is 19.3 Å². The zero-order chi connectivity index (χ0) is 22.6. The van der Waals surface area contributed by atoms with Crippen molar-refractivity contribution in [3.63, 3.8) is 0 Å². The number of methoxy groups -OCH3 is 1. The molecule has 4 rings (SSSR count). The van der Waals surface area contributed by atoms with Gasteiger partial charge in [-0.2, -0.15) is 0 Å². The van der Waals surface area contributed by atoms with Gasteiger partial charge in [0, 0.05) is 31.9 Å². The van der Waals surface area contributed by atoms with Crippen molar-refractivity contribution in [1.29, 1.82) is 0 Å². The second-order valence-electron chi connectivity index (χ2n) is 9.42. The van der Waals surface area contributed by atoms with E-state index in [-0.39, 0.29) is 5.91 Å². The van der Waals surface area contributed by atoms with Crippen LogP contribution in [0.5, 0.6) is 5.75 Å². The van der Waals surface area contributed by atoms with Crippen LogP contribution >= 0.6 is 0 Å². The minimum Gasteiger partial charge on any atom is -0.496 e. The lowest BCUT2D eigenvalue weighted by Crippen LogP contribution is -2.52. The third-order valence-electron chi connectivity index (χ3n) is 7.35. The number of nitrogens with zero attached hydrogens (tertiary/aromatic N) is 2. The molecule has 0 N–H and O–H groups in total. The monoisotopic (exact) mass is 436 g/mol. The summed E-state index contributed by atoms with van der Waals surface area (Å²) in [6.07, 6.45) is 4.40. The van der Waals surface area contributed by atoms with Crippen molar-refractivity contribution >= 4 is 5.91 Å². The highest BCUT2D eigenvalue weighted by Gasteiger charge is 2.43. The molecule has 0 bridgehead atoms. The Balaban J connectivity index is 1.58. The second kappa shape index (κ2) is 10.1. The van der Waals surface area contributed by atoms with Gasteiger partial charge in [0.2, 0.25) is 5.91 Å². The third-order valence-corrected chi connectivity index (χ3v) is 7.35. The van der Waals surface area contributed by atoms with Crippen LogP contribution in [0.25, 0.3) is 11.1 Å². The zero-order valence-corrected chi connectivity index (χ0v) is 19.7. The van der Waals surface area contributed by atoms with Crippen molar-refractivity contribution in [2.75, 3.05) is 47.5 Å². The highest BCUT2D eigenvalue weighted by Crippen LogP contribution is 2.38. The maximum absolute atomic E-state index is 13.9. The van der Waals surface area contributed by atoms with Crippen LogP contribution in [0.15, 0.2) is 48.5 Å². The number of piperidine rings is 1. The second-order valence-corrected chi connectivity index (χ2v) is 9.42. The molecular weight excluding hydrogens is 400 g/mol. The fourth-order valence-corrected chi connectivity index (χ4v) is 5.27. The van der Waals surface area contributed by atoms with Gasteiger partial charge in [-0.25, -0.2) is 0 Å². The molecule has 5 nitrogen and oxygen atoms in total. The van der Waals surface area contributed by atoms with Gasteiger partial charge in [0.25, 0.3) is 0 Å². The van der Waals surface area contributed by atoms with Crippen molar-refractivity contribution < 1.29 is 14.3 Å². The summed E-state index contributed by atoms with van der Waals surface area (Å²) >= 11 is 0. The molecule has 2 saturated heterocycles. The molecule has 2 fully saturated rings. The summed E-state index contributed by atoms with van der Waals surface area (Å²) in [6, 6.07) is 17.0. The first kappa shape index (κ1) is 22.8. The first-order chi connectivity index (χ1) is 15.5. The molecule has 0 saturated carbocycles. The topological polar surface area (TPSA) is 42.0 Å². The number of carbonyl (C=O) groups excluding carboxylic acids is 1. The van der Waals surface area contributed by atoms with Gasteiger partial charge in [-0.05, 0) is 69.4 Å². The van der Waals surface area contributed by atoms with E-state index in [9.17, 15) is 4.79 Å². The summed E-state index contributed by atoms with van der Waals surface area (Å²) in [5.41, 5.74) is 3.00. The number of hydrogen-bond acceptors (Lipinski definition) is 4. The van der Waals surface area contributed by atoms with Crippen LogP contribution < -0.4 is 4.74 Å². The fourth-order valence-electron chi connectivity index (χ4n) is 5.27. The SMILES string of the molecule is COc1ccccc1-c1cccc(CC2(C(=O)N(C)C3CCN(C)CC3)CCOCC2)c1. The Labute approximate surface area is 192 Å². The average molecular weight is 437 g/mol. The molecule has 0 spiro atoms. The minimum absolute atomic E-state index is 0.290. The van der Waals surface area contributed by atoms with E-state index in [1.165, 1.54) is 5.56 Å². The predicted octanol–water partition coefficient (Wildman–Crippen LogP) is 4.25. The Hall–Kier alpha value is -2.37. The number of likely N-dealkylation sites (tertiary alicyclic amines) is 1. The Morgan fingerprint density at radius 2 is 1.84 bits per heavy atom. The Morgan fingerprint density at radius 1 is 1.12 bits per heavy atom. The lowest BCUT2D eigenvalue weighted by molar-refractivity contribution is -0.149. The van der Waals surface area contributed by atoms with E-state index in [1.807, 2.05) is 25.2 Å². The van der Waals surface area contributed by atoms with Crippen LogP contribution in [0.2, 0.25) is 0 Å². The summed E-state index contributed by atoms with van der Waals surface area (Å²) in [5.74, 6) is 1.15. The normalized spacial score (nSPS) is 19.5. The van der Waals surface area contributed by atoms with Crippen LogP contribution in [-0.4, -0.2) is 69.3 Å². The van der Waals surface area contributed by atoms with Gasteiger partial charge in [-0.1, -0.05) is 42.5 Å². The maximum atomic E-state index is 13.9. The van der Waals surface area contributed by atoms with Crippen molar-refractivity contribution in [1.82, 2.24) is 9.80 Å². The van der Waals surface area contributed by atoms with E-state index < -0.39 is 5.41 Å². The van der Waals surface area contributed by atoms with Crippen molar-refractivity contribution in [3.05, 3.63) is 54.1 Å². The maximum Gasteiger partial charge on any atom is 0.229 e. The smallest absolute Gasteiger partial charge is 0.229 e. The molecule has 5 heteroatoms. The van der Waals surface area contributed by atoms with E-state index in [0.717, 1.165) is 62.1 Å². The summed E-state index contributed by atoms with van der Waals surface area (Å²) in [7, 11) is 5.88. The van der Waals surface area contributed by atoms with Crippen LogP contribution in [0.3, 0.4) is 0 Å². The molecule has 2 aliphatic heterocycles. The Bertz CT molecular complexity index is 915. The molecule has 0 radical (unpaired) electrons. The lowest BCUT2D eigenvalue weighted by atomic mass is 9.73. The van der Waals surface area contributed by atoms with Crippen molar-refractivity contribution in [2.24, 2.45) is 5.41 Å². The van der Waals surface area contributed by atoms with Crippen LogP contribution in [-0.2, 0) is 16.0 Å². The standard InChI is InChI=1S/C27H36N2O3/c1-28-15-11-23(12-16-28)29(2)26(30)27(13-17-32-18-14-27)20-21-7-6-8-22(19-21)24-9-4-5-10-25(24)31-3/h4-10,19,23H,11-18,20H2,1-3H3. The quantitative estimate of drug-likeness (QED) is 0.679. The number of benzene rings is 2. The number of amides is 1. The molecule has 2 aliphatic rings. The highest BCUT2D eigenvalue weighted by atomic mass is 16.5. The highest BCUT2D eigenvalue weighted by molar-refractivity contribution is 5.83. The van der Waals surface area contributed by atoms with Gasteiger partial charge < -0.3 is 19.3 Å². The van der Waals surface area contributed by atoms with Gasteiger partial charge in [0.05, 0.1) is 12.5 Å². The van der Waals surface area contributed by atoms with Gasteiger partial charge in [-0.15, -0.1) is 0 Å². The van der Waals surface area contributed by atoms with Crippen LogP contribution in [0, 0.1) is 5.41 Å². The first-order valence-corrected chi connectivity index (χ1v) is 11.8. The average Bonchev–Trinajstić information content (AvgIpc) is 2.84. The summed E-state index contributed by atoms with van der Waals surface area (Å²) in [4.78, 5) is 18.3. The van der Waals surface area contributed by atoms with Crippen LogP contribution in [0.4, 0.5) is 0 Å². The molecule has 32 heavy (non-hydrogen) atoms. The molecule has 0 atom stereocenters. The Morgan fingerprint density at radius 3 is 2.56 bits per heavy atom. The molecule has 0 aromatic heterocycles. The molecule has 2 aromatic carbocycles. The third kappa shape index (κ3) is 4.84. The van der Waals surface area contributed by atoms with Crippen LogP contribution in [0.1, 0.15) is 31.2 Å². The molecule has 2 heterocycles. The van der Waals surface area contributed by atoms with E-state index in [4.69, 9.17) is 9.47 Å². The molecule has 0 aliphatic carbocycles. The van der Waals surface area contributed by atoms with Gasteiger partial charge in [0.15, 0.2) is 0 Å². The largest absolute Gasteiger partial charge is 0.496 e. The predicted molar refractivity (Wildman–Crippen MR) is 128 cm³/mol. The first-order valence-electron chi connectivity index (χ1n) is 11.8. The van der Waals surface area contributed by atoms with E-state index >= 15 is 0 Å². The molecular formula is C27H36N2O3. The summed E-state index contributed by atoms with van der Waals surface area (Å²) in [6.45, 7) is 3.41. The zero-order valence-electron chi connectivity index (χ0n) is 19.7. The molecule has 172 valence electrons. The Kier molecular flexibility index (Phi) is 7.17. The fraction of sp³-hybridized carbons (Fsp3) is 0.519. The van der Waals surface area contributed by atoms with E-state index in [1.54, 1.807) is 7.11 Å². The van der Waals surface area contributed by atoms with Crippen molar-refractivity contribution in [2.45, 2.75) is 38.1 Å². The molecule has 0 unspecified atom stereocenters. The van der Waals surface area contributed by atoms with Gasteiger partial charge in [0.1, 0.15) is 5.75 Å². The lowest BCUT2D eigenvalue weighted by Gasteiger charge is -2.43. The number of ether oxygens (including phenoxy) is 2. The van der Waals surface area contributed by atoms with Gasteiger partial charge in [-0.3, -0.25) is 4.79 Å². The molecule has 2 aromatic rings. The number of carbonyl (C=O) groups is 1. The van der Waals surface area contributed by atoms with Gasteiger partial charge >= 0.3 is 0 Å². The van der Waals surface area contributed by atoms with Crippen molar-refractivity contribution in [3.8, 4) is 16.9 Å². The molecule has 1 amide bonds. The number of hydrogen-bond donors (Lipinski definition) is 0. The summed E-state index contributed by atoms with van der Waals surface area (Å²) < 4.78 is 11.3. The number of rotatable bonds is 6. The summed E-state index contributed by atoms with van der Waals surface area (Å²) in [5, 5.41) is 0. The van der Waals surface area contributed by atoms with E-state index in [2.05, 4.69) is 47.2 Å². The minimum atomic E-state index is -0.393.